The molecule has 0 radical (unpaired) electrons. The lowest BCUT2D eigenvalue weighted by molar-refractivity contribution is -0.131. The average molecular weight is 263 g/mol. The Morgan fingerprint density at radius 2 is 1.89 bits per heavy atom. The quantitative estimate of drug-likeness (QED) is 0.530. The van der Waals surface area contributed by atoms with Crippen molar-refractivity contribution in [1.82, 2.24) is 15.5 Å². The summed E-state index contributed by atoms with van der Waals surface area (Å²) in [6, 6.07) is 0.232. The molecule has 0 atom stereocenters. The summed E-state index contributed by atoms with van der Waals surface area (Å²) in [6.07, 6.45) is 8.87. The van der Waals surface area contributed by atoms with Crippen molar-refractivity contribution >= 4 is 11.8 Å². The number of hydrogen-bond acceptors (Lipinski definition) is 3. The zero-order valence-electron chi connectivity index (χ0n) is 11.2. The number of likely N-dealkylation sites (tertiary alicyclic amines) is 1. The van der Waals surface area contributed by atoms with Crippen molar-refractivity contribution in [3.8, 4) is 12.3 Å². The second-order valence-corrected chi connectivity index (χ2v) is 5.25. The van der Waals surface area contributed by atoms with Crippen LogP contribution in [0.2, 0.25) is 0 Å². The average Bonchev–Trinajstić information content (AvgIpc) is 3.24. The number of hydrogen-bond donors (Lipinski definition) is 2. The fourth-order valence-corrected chi connectivity index (χ4v) is 2.29. The molecule has 104 valence electrons. The molecule has 0 aromatic carbocycles. The van der Waals surface area contributed by atoms with Crippen LogP contribution in [-0.4, -0.2) is 48.9 Å². The smallest absolute Gasteiger partial charge is 0.236 e. The molecule has 5 nitrogen and oxygen atoms in total. The molecule has 5 heteroatoms. The monoisotopic (exact) mass is 263 g/mol. The number of amides is 2. The van der Waals surface area contributed by atoms with E-state index in [1.807, 2.05) is 4.90 Å². The van der Waals surface area contributed by atoms with Crippen LogP contribution < -0.4 is 10.6 Å². The zero-order valence-corrected chi connectivity index (χ0v) is 11.2. The third kappa shape index (κ3) is 4.25. The van der Waals surface area contributed by atoms with E-state index in [1.54, 1.807) is 0 Å². The van der Waals surface area contributed by atoms with Crippen LogP contribution in [0, 0.1) is 18.3 Å². The molecule has 1 saturated heterocycles. The highest BCUT2D eigenvalue weighted by molar-refractivity contribution is 5.81. The minimum atomic E-state index is 0.0854. The molecule has 2 rings (SSSR count). The second-order valence-electron chi connectivity index (χ2n) is 5.25. The SMILES string of the molecule is C#CCNCC(=O)N1CCC(NC(=O)C2CC2)CC1. The molecular weight excluding hydrogens is 242 g/mol. The molecule has 2 N–H and O–H groups in total. The van der Waals surface area contributed by atoms with Gasteiger partial charge in [0, 0.05) is 25.0 Å². The molecule has 1 aliphatic heterocycles. The largest absolute Gasteiger partial charge is 0.353 e. The molecule has 2 amide bonds. The first-order chi connectivity index (χ1) is 9.20. The van der Waals surface area contributed by atoms with E-state index in [-0.39, 0.29) is 23.8 Å². The Labute approximate surface area is 114 Å². The minimum Gasteiger partial charge on any atom is -0.353 e. The van der Waals surface area contributed by atoms with E-state index in [9.17, 15) is 9.59 Å². The van der Waals surface area contributed by atoms with E-state index in [1.165, 1.54) is 0 Å². The topological polar surface area (TPSA) is 61.4 Å². The third-order valence-electron chi connectivity index (χ3n) is 3.65. The number of nitrogens with one attached hydrogen (secondary N) is 2. The van der Waals surface area contributed by atoms with Gasteiger partial charge >= 0.3 is 0 Å². The van der Waals surface area contributed by atoms with Gasteiger partial charge in [0.15, 0.2) is 0 Å². The fourth-order valence-electron chi connectivity index (χ4n) is 2.29. The first-order valence-electron chi connectivity index (χ1n) is 6.93. The van der Waals surface area contributed by atoms with Crippen molar-refractivity contribution in [2.75, 3.05) is 26.2 Å². The van der Waals surface area contributed by atoms with Gasteiger partial charge in [-0.25, -0.2) is 0 Å². The lowest BCUT2D eigenvalue weighted by Gasteiger charge is -2.32. The molecule has 0 aromatic rings. The summed E-state index contributed by atoms with van der Waals surface area (Å²) in [5, 5.41) is 5.98. The molecule has 2 aliphatic rings. The van der Waals surface area contributed by atoms with E-state index in [4.69, 9.17) is 6.42 Å². The highest BCUT2D eigenvalue weighted by atomic mass is 16.2. The molecule has 2 fully saturated rings. The van der Waals surface area contributed by atoms with Crippen molar-refractivity contribution in [2.24, 2.45) is 5.92 Å². The predicted octanol–water partition coefficient (Wildman–Crippen LogP) is -0.274. The van der Waals surface area contributed by atoms with Crippen LogP contribution in [0.4, 0.5) is 0 Å². The van der Waals surface area contributed by atoms with Gasteiger partial charge in [-0.15, -0.1) is 6.42 Å². The van der Waals surface area contributed by atoms with Gasteiger partial charge in [-0.2, -0.15) is 0 Å². The van der Waals surface area contributed by atoms with Gasteiger partial charge in [0.2, 0.25) is 11.8 Å². The summed E-state index contributed by atoms with van der Waals surface area (Å²) >= 11 is 0. The minimum absolute atomic E-state index is 0.0854. The highest BCUT2D eigenvalue weighted by Gasteiger charge is 2.32. The lowest BCUT2D eigenvalue weighted by atomic mass is 10.0. The molecule has 0 aromatic heterocycles. The predicted molar refractivity (Wildman–Crippen MR) is 72.2 cm³/mol. The number of nitrogens with zero attached hydrogens (tertiary/aromatic N) is 1. The molecular formula is C14H21N3O2. The van der Waals surface area contributed by atoms with Crippen molar-refractivity contribution < 1.29 is 9.59 Å². The van der Waals surface area contributed by atoms with Gasteiger partial charge in [-0.3, -0.25) is 14.9 Å². The van der Waals surface area contributed by atoms with E-state index in [0.717, 1.165) is 25.7 Å². The maximum atomic E-state index is 11.8. The van der Waals surface area contributed by atoms with Gasteiger partial charge in [-0.05, 0) is 25.7 Å². The van der Waals surface area contributed by atoms with Crippen LogP contribution in [0.25, 0.3) is 0 Å². The number of piperidine rings is 1. The van der Waals surface area contributed by atoms with E-state index < -0.39 is 0 Å². The Morgan fingerprint density at radius 3 is 2.47 bits per heavy atom. The van der Waals surface area contributed by atoms with Crippen LogP contribution in [0.5, 0.6) is 0 Å². The molecule has 0 bridgehead atoms. The van der Waals surface area contributed by atoms with Crippen molar-refractivity contribution in [3.63, 3.8) is 0 Å². The second kappa shape index (κ2) is 6.58. The summed E-state index contributed by atoms with van der Waals surface area (Å²) in [7, 11) is 0. The fraction of sp³-hybridized carbons (Fsp3) is 0.714. The van der Waals surface area contributed by atoms with Crippen molar-refractivity contribution in [2.45, 2.75) is 31.7 Å². The van der Waals surface area contributed by atoms with Gasteiger partial charge in [0.1, 0.15) is 0 Å². The van der Waals surface area contributed by atoms with E-state index in [2.05, 4.69) is 16.6 Å². The first kappa shape index (κ1) is 13.9. The van der Waals surface area contributed by atoms with Crippen LogP contribution in [-0.2, 0) is 9.59 Å². The van der Waals surface area contributed by atoms with Gasteiger partial charge in [-0.1, -0.05) is 5.92 Å². The zero-order chi connectivity index (χ0) is 13.7. The molecule has 19 heavy (non-hydrogen) atoms. The first-order valence-corrected chi connectivity index (χ1v) is 6.93. The molecule has 1 saturated carbocycles. The normalized spacial score (nSPS) is 19.8. The summed E-state index contributed by atoms with van der Waals surface area (Å²) in [5.41, 5.74) is 0. The number of carbonyl (C=O) groups excluding carboxylic acids is 2. The van der Waals surface area contributed by atoms with Gasteiger partial charge in [0.05, 0.1) is 13.1 Å². The summed E-state index contributed by atoms with van der Waals surface area (Å²) in [5.74, 6) is 2.98. The van der Waals surface area contributed by atoms with Gasteiger partial charge < -0.3 is 10.2 Å². The number of terminal acetylenes is 1. The van der Waals surface area contributed by atoms with Gasteiger partial charge in [0.25, 0.3) is 0 Å². The summed E-state index contributed by atoms with van der Waals surface area (Å²) in [4.78, 5) is 25.3. The standard InChI is InChI=1S/C14H21N3O2/c1-2-7-15-10-13(18)17-8-5-12(6-9-17)16-14(19)11-3-4-11/h1,11-12,15H,3-10H2,(H,16,19). The maximum Gasteiger partial charge on any atom is 0.236 e. The Morgan fingerprint density at radius 1 is 1.21 bits per heavy atom. The molecule has 0 spiro atoms. The molecule has 0 unspecified atom stereocenters. The van der Waals surface area contributed by atoms with E-state index in [0.29, 0.717) is 26.2 Å². The lowest BCUT2D eigenvalue weighted by Crippen LogP contribution is -2.48. The van der Waals surface area contributed by atoms with Crippen LogP contribution in [0.3, 0.4) is 0 Å². The van der Waals surface area contributed by atoms with Crippen molar-refractivity contribution in [3.05, 3.63) is 0 Å². The molecule has 1 aliphatic carbocycles. The Hall–Kier alpha value is -1.54. The van der Waals surface area contributed by atoms with E-state index >= 15 is 0 Å². The van der Waals surface area contributed by atoms with Crippen LogP contribution in [0.1, 0.15) is 25.7 Å². The Bertz CT molecular complexity index is 377. The summed E-state index contributed by atoms with van der Waals surface area (Å²) < 4.78 is 0. The Kier molecular flexibility index (Phi) is 4.80. The third-order valence-corrected chi connectivity index (χ3v) is 3.65. The number of rotatable bonds is 5. The highest BCUT2D eigenvalue weighted by Crippen LogP contribution is 2.29. The van der Waals surface area contributed by atoms with Crippen LogP contribution >= 0.6 is 0 Å². The maximum absolute atomic E-state index is 11.8. The van der Waals surface area contributed by atoms with Crippen molar-refractivity contribution in [1.29, 1.82) is 0 Å². The van der Waals surface area contributed by atoms with Crippen LogP contribution in [0.15, 0.2) is 0 Å². The molecule has 1 heterocycles. The number of carbonyl (C=O) groups is 2. The Balaban J connectivity index is 1.65. The summed E-state index contributed by atoms with van der Waals surface area (Å²) in [6.45, 7) is 2.14.